The second kappa shape index (κ2) is 5.64. The molecule has 1 aromatic carbocycles. The van der Waals surface area contributed by atoms with Gasteiger partial charge in [0.15, 0.2) is 0 Å². The Kier molecular flexibility index (Phi) is 4.37. The number of hydrogen-bond donors (Lipinski definition) is 0. The summed E-state index contributed by atoms with van der Waals surface area (Å²) in [7, 11) is 0. The lowest BCUT2D eigenvalue weighted by molar-refractivity contribution is 0.269. The standard InChI is InChI=1S/C16H24BrN/c1-16(2,3)14(11-17)12-18-10-6-8-13-7-4-5-9-15(13)18/h4-5,7,9,14H,6,8,10-12H2,1-3H3. The summed E-state index contributed by atoms with van der Waals surface area (Å²) in [5.41, 5.74) is 3.33. The number of benzene rings is 1. The Bertz CT molecular complexity index is 394. The van der Waals surface area contributed by atoms with Crippen LogP contribution >= 0.6 is 15.9 Å². The summed E-state index contributed by atoms with van der Waals surface area (Å²) in [5.74, 6) is 0.684. The number of nitrogens with zero attached hydrogens (tertiary/aromatic N) is 1. The van der Waals surface area contributed by atoms with Crippen molar-refractivity contribution in [3.63, 3.8) is 0 Å². The zero-order valence-corrected chi connectivity index (χ0v) is 13.3. The lowest BCUT2D eigenvalue weighted by Crippen LogP contribution is -2.39. The number of alkyl halides is 1. The molecule has 0 N–H and O–H groups in total. The van der Waals surface area contributed by atoms with E-state index in [-0.39, 0.29) is 0 Å². The van der Waals surface area contributed by atoms with Crippen LogP contribution in [0, 0.1) is 11.3 Å². The van der Waals surface area contributed by atoms with Crippen LogP contribution in [0.1, 0.15) is 32.8 Å². The summed E-state index contributed by atoms with van der Waals surface area (Å²) in [4.78, 5) is 2.58. The molecular formula is C16H24BrN. The van der Waals surface area contributed by atoms with E-state index >= 15 is 0 Å². The van der Waals surface area contributed by atoms with E-state index in [2.05, 4.69) is 65.9 Å². The molecule has 0 aliphatic carbocycles. The molecule has 1 nitrogen and oxygen atoms in total. The van der Waals surface area contributed by atoms with Crippen LogP contribution in [0.15, 0.2) is 24.3 Å². The van der Waals surface area contributed by atoms with Crippen LogP contribution < -0.4 is 4.90 Å². The van der Waals surface area contributed by atoms with Gasteiger partial charge in [-0.1, -0.05) is 54.9 Å². The van der Waals surface area contributed by atoms with Crippen LogP contribution in [0.5, 0.6) is 0 Å². The number of aryl methyl sites for hydroxylation is 1. The lowest BCUT2D eigenvalue weighted by atomic mass is 9.81. The van der Waals surface area contributed by atoms with Gasteiger partial charge in [0.2, 0.25) is 0 Å². The Morgan fingerprint density at radius 3 is 2.67 bits per heavy atom. The van der Waals surface area contributed by atoms with Gasteiger partial charge in [-0.2, -0.15) is 0 Å². The minimum Gasteiger partial charge on any atom is -0.371 e. The first-order valence-electron chi connectivity index (χ1n) is 6.91. The Balaban J connectivity index is 2.16. The minimum absolute atomic E-state index is 0.357. The Labute approximate surface area is 120 Å². The maximum absolute atomic E-state index is 3.69. The maximum atomic E-state index is 3.69. The average Bonchev–Trinajstić information content (AvgIpc) is 2.34. The van der Waals surface area contributed by atoms with Crippen molar-refractivity contribution >= 4 is 21.6 Å². The Morgan fingerprint density at radius 1 is 1.28 bits per heavy atom. The third-order valence-electron chi connectivity index (χ3n) is 4.06. The van der Waals surface area contributed by atoms with Crippen molar-refractivity contribution in [1.82, 2.24) is 0 Å². The summed E-state index contributed by atoms with van der Waals surface area (Å²) >= 11 is 3.69. The van der Waals surface area contributed by atoms with Crippen molar-refractivity contribution in [2.45, 2.75) is 33.6 Å². The highest BCUT2D eigenvalue weighted by Crippen LogP contribution is 2.33. The zero-order valence-electron chi connectivity index (χ0n) is 11.7. The second-order valence-electron chi connectivity index (χ2n) is 6.40. The zero-order chi connectivity index (χ0) is 13.2. The van der Waals surface area contributed by atoms with Crippen molar-refractivity contribution in [2.75, 3.05) is 23.3 Å². The largest absolute Gasteiger partial charge is 0.371 e. The van der Waals surface area contributed by atoms with Crippen molar-refractivity contribution in [1.29, 1.82) is 0 Å². The third-order valence-corrected chi connectivity index (χ3v) is 4.84. The summed E-state index contributed by atoms with van der Waals surface area (Å²) < 4.78 is 0. The number of fused-ring (bicyclic) bond motifs is 1. The topological polar surface area (TPSA) is 3.24 Å². The first-order chi connectivity index (χ1) is 8.52. The molecule has 2 heteroatoms. The van der Waals surface area contributed by atoms with Crippen LogP contribution in [-0.4, -0.2) is 18.4 Å². The van der Waals surface area contributed by atoms with Gasteiger partial charge in [0, 0.05) is 24.1 Å². The first kappa shape index (κ1) is 13.9. The first-order valence-corrected chi connectivity index (χ1v) is 8.03. The molecule has 0 bridgehead atoms. The molecule has 18 heavy (non-hydrogen) atoms. The fourth-order valence-corrected chi connectivity index (χ4v) is 3.80. The van der Waals surface area contributed by atoms with Gasteiger partial charge in [-0.05, 0) is 35.8 Å². The van der Waals surface area contributed by atoms with E-state index in [1.807, 2.05) is 0 Å². The molecule has 1 aliphatic heterocycles. The van der Waals surface area contributed by atoms with E-state index < -0.39 is 0 Å². The van der Waals surface area contributed by atoms with Gasteiger partial charge in [-0.3, -0.25) is 0 Å². The predicted molar refractivity (Wildman–Crippen MR) is 83.7 cm³/mol. The van der Waals surface area contributed by atoms with Gasteiger partial charge >= 0.3 is 0 Å². The monoisotopic (exact) mass is 309 g/mol. The van der Waals surface area contributed by atoms with E-state index in [0.717, 1.165) is 11.9 Å². The van der Waals surface area contributed by atoms with Gasteiger partial charge in [0.05, 0.1) is 0 Å². The SMILES string of the molecule is CC(C)(C)C(CBr)CN1CCCc2ccccc21. The van der Waals surface area contributed by atoms with Gasteiger partial charge < -0.3 is 4.90 Å². The highest BCUT2D eigenvalue weighted by molar-refractivity contribution is 9.09. The van der Waals surface area contributed by atoms with Crippen molar-refractivity contribution < 1.29 is 0 Å². The molecule has 0 spiro atoms. The number of anilines is 1. The number of hydrogen-bond acceptors (Lipinski definition) is 1. The molecule has 0 radical (unpaired) electrons. The minimum atomic E-state index is 0.357. The average molecular weight is 310 g/mol. The molecular weight excluding hydrogens is 286 g/mol. The molecule has 1 aliphatic rings. The molecule has 0 amide bonds. The second-order valence-corrected chi connectivity index (χ2v) is 7.04. The van der Waals surface area contributed by atoms with Crippen molar-refractivity contribution in [3.8, 4) is 0 Å². The fraction of sp³-hybridized carbons (Fsp3) is 0.625. The molecule has 1 unspecified atom stereocenters. The number of halogens is 1. The molecule has 0 saturated carbocycles. The molecule has 0 fully saturated rings. The van der Waals surface area contributed by atoms with E-state index in [4.69, 9.17) is 0 Å². The van der Waals surface area contributed by atoms with Crippen molar-refractivity contribution in [3.05, 3.63) is 29.8 Å². The van der Waals surface area contributed by atoms with Gasteiger partial charge in [0.25, 0.3) is 0 Å². The van der Waals surface area contributed by atoms with E-state index in [0.29, 0.717) is 11.3 Å². The lowest BCUT2D eigenvalue weighted by Gasteiger charge is -2.38. The Hall–Kier alpha value is -0.500. The molecule has 0 aromatic heterocycles. The fourth-order valence-electron chi connectivity index (χ4n) is 2.62. The highest BCUT2D eigenvalue weighted by atomic mass is 79.9. The molecule has 100 valence electrons. The van der Waals surface area contributed by atoms with E-state index in [1.165, 1.54) is 30.6 Å². The summed E-state index contributed by atoms with van der Waals surface area (Å²) in [6.45, 7) is 9.39. The van der Waals surface area contributed by atoms with Crippen LogP contribution in [-0.2, 0) is 6.42 Å². The molecule has 0 saturated heterocycles. The van der Waals surface area contributed by atoms with Gasteiger partial charge in [0.1, 0.15) is 0 Å². The highest BCUT2D eigenvalue weighted by Gasteiger charge is 2.27. The normalized spacial score (nSPS) is 17.4. The number of rotatable bonds is 3. The molecule has 1 atom stereocenters. The third kappa shape index (κ3) is 3.09. The van der Waals surface area contributed by atoms with Gasteiger partial charge in [-0.25, -0.2) is 0 Å². The van der Waals surface area contributed by atoms with E-state index in [9.17, 15) is 0 Å². The van der Waals surface area contributed by atoms with Gasteiger partial charge in [-0.15, -0.1) is 0 Å². The smallest absolute Gasteiger partial charge is 0.0398 e. The van der Waals surface area contributed by atoms with Crippen molar-refractivity contribution in [2.24, 2.45) is 11.3 Å². The van der Waals surface area contributed by atoms with Crippen LogP contribution in [0.3, 0.4) is 0 Å². The molecule has 2 rings (SSSR count). The predicted octanol–water partition coefficient (Wildman–Crippen LogP) is 4.50. The summed E-state index contributed by atoms with van der Waals surface area (Å²) in [6, 6.07) is 8.88. The summed E-state index contributed by atoms with van der Waals surface area (Å²) in [6.07, 6.45) is 2.53. The number of para-hydroxylation sites is 1. The quantitative estimate of drug-likeness (QED) is 0.743. The summed E-state index contributed by atoms with van der Waals surface area (Å²) in [5, 5.41) is 1.08. The van der Waals surface area contributed by atoms with Crippen LogP contribution in [0.2, 0.25) is 0 Å². The molecule has 1 aromatic rings. The Morgan fingerprint density at radius 2 is 2.00 bits per heavy atom. The van der Waals surface area contributed by atoms with Crippen LogP contribution in [0.4, 0.5) is 5.69 Å². The maximum Gasteiger partial charge on any atom is 0.0398 e. The van der Waals surface area contributed by atoms with E-state index in [1.54, 1.807) is 0 Å². The van der Waals surface area contributed by atoms with Crippen LogP contribution in [0.25, 0.3) is 0 Å². The molecule has 1 heterocycles.